The van der Waals surface area contributed by atoms with Crippen LogP contribution in [0.3, 0.4) is 0 Å². The van der Waals surface area contributed by atoms with Gasteiger partial charge in [-0.05, 0) is 11.1 Å². The highest BCUT2D eigenvalue weighted by molar-refractivity contribution is 5.78. The maximum atomic E-state index is 12.1. The normalized spacial score (nSPS) is 25.6. The number of methoxy groups -OCH3 is 1. The Morgan fingerprint density at radius 3 is 2.70 bits per heavy atom. The van der Waals surface area contributed by atoms with Crippen LogP contribution >= 0.6 is 0 Å². The standard InChI is InChI=1S/C15H20N2O3/c1-19-14-10-20-9-13(14)16-15(18)8-17-6-11-4-2-3-5-12(11)7-17/h2-5,13-14H,6-10H2,1H3,(H,16,18)/t13-,14-/m0/s1. The Balaban J connectivity index is 1.51. The number of benzene rings is 1. The van der Waals surface area contributed by atoms with E-state index >= 15 is 0 Å². The maximum Gasteiger partial charge on any atom is 0.234 e. The number of carbonyl (C=O) groups excluding carboxylic acids is 1. The second kappa shape index (κ2) is 5.91. The first-order chi connectivity index (χ1) is 9.76. The van der Waals surface area contributed by atoms with E-state index in [0.29, 0.717) is 19.8 Å². The Hall–Kier alpha value is -1.43. The predicted octanol–water partition coefficient (Wildman–Crippen LogP) is 0.532. The van der Waals surface area contributed by atoms with Gasteiger partial charge in [-0.1, -0.05) is 24.3 Å². The molecule has 20 heavy (non-hydrogen) atoms. The van der Waals surface area contributed by atoms with Crippen molar-refractivity contribution in [2.24, 2.45) is 0 Å². The first kappa shape index (κ1) is 13.5. The van der Waals surface area contributed by atoms with Crippen LogP contribution in [0.2, 0.25) is 0 Å². The molecular formula is C15H20N2O3. The van der Waals surface area contributed by atoms with Gasteiger partial charge < -0.3 is 14.8 Å². The minimum absolute atomic E-state index is 0.0301. The molecule has 2 heterocycles. The van der Waals surface area contributed by atoms with E-state index in [1.807, 2.05) is 12.1 Å². The van der Waals surface area contributed by atoms with Crippen LogP contribution in [-0.4, -0.2) is 49.8 Å². The summed E-state index contributed by atoms with van der Waals surface area (Å²) >= 11 is 0. The van der Waals surface area contributed by atoms with Gasteiger partial charge >= 0.3 is 0 Å². The molecule has 1 fully saturated rings. The first-order valence-electron chi connectivity index (χ1n) is 6.95. The van der Waals surface area contributed by atoms with E-state index in [4.69, 9.17) is 9.47 Å². The molecule has 1 aromatic rings. The van der Waals surface area contributed by atoms with Crippen molar-refractivity contribution in [3.63, 3.8) is 0 Å². The number of amides is 1. The third-order valence-corrected chi connectivity index (χ3v) is 3.95. The lowest BCUT2D eigenvalue weighted by Gasteiger charge is -2.20. The van der Waals surface area contributed by atoms with Gasteiger partial charge in [-0.2, -0.15) is 0 Å². The molecule has 0 bridgehead atoms. The lowest BCUT2D eigenvalue weighted by Crippen LogP contribution is -2.46. The van der Waals surface area contributed by atoms with E-state index in [-0.39, 0.29) is 18.1 Å². The Labute approximate surface area is 118 Å². The zero-order valence-corrected chi connectivity index (χ0v) is 11.7. The van der Waals surface area contributed by atoms with Gasteiger partial charge in [0.1, 0.15) is 6.10 Å². The number of hydrogen-bond donors (Lipinski definition) is 1. The van der Waals surface area contributed by atoms with E-state index in [1.54, 1.807) is 7.11 Å². The number of nitrogens with zero attached hydrogens (tertiary/aromatic N) is 1. The highest BCUT2D eigenvalue weighted by Gasteiger charge is 2.30. The lowest BCUT2D eigenvalue weighted by molar-refractivity contribution is -0.123. The van der Waals surface area contributed by atoms with E-state index in [9.17, 15) is 4.79 Å². The SMILES string of the molecule is CO[C@H]1COC[C@@H]1NC(=O)CN1Cc2ccccc2C1. The molecule has 5 nitrogen and oxygen atoms in total. The lowest BCUT2D eigenvalue weighted by atomic mass is 10.1. The highest BCUT2D eigenvalue weighted by atomic mass is 16.5. The van der Waals surface area contributed by atoms with E-state index < -0.39 is 0 Å². The molecule has 1 aromatic carbocycles. The number of carbonyl (C=O) groups is 1. The third-order valence-electron chi connectivity index (χ3n) is 3.95. The fourth-order valence-corrected chi connectivity index (χ4v) is 2.87. The molecular weight excluding hydrogens is 256 g/mol. The quantitative estimate of drug-likeness (QED) is 0.871. The van der Waals surface area contributed by atoms with Crippen molar-refractivity contribution in [2.75, 3.05) is 26.9 Å². The minimum atomic E-state index is -0.0327. The number of ether oxygens (including phenoxy) is 2. The van der Waals surface area contributed by atoms with Crippen LogP contribution in [0, 0.1) is 0 Å². The molecule has 108 valence electrons. The molecule has 0 spiro atoms. The molecule has 0 aliphatic carbocycles. The van der Waals surface area contributed by atoms with Crippen molar-refractivity contribution < 1.29 is 14.3 Å². The Morgan fingerprint density at radius 1 is 1.35 bits per heavy atom. The topological polar surface area (TPSA) is 50.8 Å². The zero-order chi connectivity index (χ0) is 13.9. The van der Waals surface area contributed by atoms with Crippen molar-refractivity contribution >= 4 is 5.91 Å². The van der Waals surface area contributed by atoms with Crippen LogP contribution in [0.5, 0.6) is 0 Å². The van der Waals surface area contributed by atoms with Gasteiger partial charge in [-0.15, -0.1) is 0 Å². The monoisotopic (exact) mass is 276 g/mol. The van der Waals surface area contributed by atoms with Gasteiger partial charge in [0.05, 0.1) is 25.8 Å². The van der Waals surface area contributed by atoms with Crippen LogP contribution in [0.1, 0.15) is 11.1 Å². The van der Waals surface area contributed by atoms with Crippen molar-refractivity contribution in [1.82, 2.24) is 10.2 Å². The van der Waals surface area contributed by atoms with Gasteiger partial charge in [0.15, 0.2) is 0 Å². The Kier molecular flexibility index (Phi) is 4.00. The third kappa shape index (κ3) is 2.85. The van der Waals surface area contributed by atoms with Crippen LogP contribution in [0.15, 0.2) is 24.3 Å². The summed E-state index contributed by atoms with van der Waals surface area (Å²) in [6.07, 6.45) is -0.0327. The molecule has 0 aromatic heterocycles. The van der Waals surface area contributed by atoms with Gasteiger partial charge in [0, 0.05) is 20.2 Å². The molecule has 5 heteroatoms. The van der Waals surface area contributed by atoms with Crippen molar-refractivity contribution in [1.29, 1.82) is 0 Å². The van der Waals surface area contributed by atoms with Crippen molar-refractivity contribution in [3.05, 3.63) is 35.4 Å². The van der Waals surface area contributed by atoms with Gasteiger partial charge in [0.2, 0.25) is 5.91 Å². The largest absolute Gasteiger partial charge is 0.377 e. The summed E-state index contributed by atoms with van der Waals surface area (Å²) in [6.45, 7) is 3.19. The summed E-state index contributed by atoms with van der Waals surface area (Å²) in [4.78, 5) is 14.3. The fourth-order valence-electron chi connectivity index (χ4n) is 2.87. The molecule has 1 amide bonds. The highest BCUT2D eigenvalue weighted by Crippen LogP contribution is 2.21. The van der Waals surface area contributed by atoms with Crippen LogP contribution in [-0.2, 0) is 27.4 Å². The Bertz CT molecular complexity index is 467. The van der Waals surface area contributed by atoms with Gasteiger partial charge in [-0.25, -0.2) is 0 Å². The van der Waals surface area contributed by atoms with E-state index in [0.717, 1.165) is 13.1 Å². The molecule has 0 radical (unpaired) electrons. The van der Waals surface area contributed by atoms with Crippen LogP contribution in [0.25, 0.3) is 0 Å². The molecule has 1 saturated heterocycles. The van der Waals surface area contributed by atoms with Gasteiger partial charge in [0.25, 0.3) is 0 Å². The summed E-state index contributed by atoms with van der Waals surface area (Å²) in [5.41, 5.74) is 2.64. The summed E-state index contributed by atoms with van der Waals surface area (Å²) in [5.74, 6) is 0.0374. The van der Waals surface area contributed by atoms with Crippen LogP contribution < -0.4 is 5.32 Å². The number of hydrogen-bond acceptors (Lipinski definition) is 4. The maximum absolute atomic E-state index is 12.1. The van der Waals surface area contributed by atoms with Gasteiger partial charge in [-0.3, -0.25) is 9.69 Å². The molecule has 0 unspecified atom stereocenters. The molecule has 2 aliphatic rings. The molecule has 2 aliphatic heterocycles. The Morgan fingerprint density at radius 2 is 2.05 bits per heavy atom. The van der Waals surface area contributed by atoms with E-state index in [2.05, 4.69) is 22.3 Å². The van der Waals surface area contributed by atoms with Crippen molar-refractivity contribution in [2.45, 2.75) is 25.2 Å². The fraction of sp³-hybridized carbons (Fsp3) is 0.533. The second-order valence-electron chi connectivity index (χ2n) is 5.40. The molecule has 0 saturated carbocycles. The minimum Gasteiger partial charge on any atom is -0.377 e. The van der Waals surface area contributed by atoms with Crippen LogP contribution in [0.4, 0.5) is 0 Å². The zero-order valence-electron chi connectivity index (χ0n) is 11.7. The van der Waals surface area contributed by atoms with Crippen molar-refractivity contribution in [3.8, 4) is 0 Å². The second-order valence-corrected chi connectivity index (χ2v) is 5.40. The summed E-state index contributed by atoms with van der Waals surface area (Å²) in [6, 6.07) is 8.30. The average molecular weight is 276 g/mol. The molecule has 1 N–H and O–H groups in total. The summed E-state index contributed by atoms with van der Waals surface area (Å²) < 4.78 is 10.6. The number of nitrogens with one attached hydrogen (secondary N) is 1. The molecule has 2 atom stereocenters. The van der Waals surface area contributed by atoms with E-state index in [1.165, 1.54) is 11.1 Å². The first-order valence-corrected chi connectivity index (χ1v) is 6.95. The smallest absolute Gasteiger partial charge is 0.234 e. The summed E-state index contributed by atoms with van der Waals surface area (Å²) in [5, 5.41) is 3.00. The predicted molar refractivity (Wildman–Crippen MR) is 74.1 cm³/mol. The number of rotatable bonds is 4. The summed E-state index contributed by atoms with van der Waals surface area (Å²) in [7, 11) is 1.65. The number of fused-ring (bicyclic) bond motifs is 1. The average Bonchev–Trinajstić information content (AvgIpc) is 3.03. The molecule has 3 rings (SSSR count).